The van der Waals surface area contributed by atoms with Gasteiger partial charge in [-0.3, -0.25) is 4.79 Å². The van der Waals surface area contributed by atoms with E-state index >= 15 is 0 Å². The van der Waals surface area contributed by atoms with Crippen molar-refractivity contribution in [3.8, 4) is 0 Å². The number of carbonyl (C=O) groups is 1. The molecule has 0 saturated heterocycles. The first-order chi connectivity index (χ1) is 13.5. The van der Waals surface area contributed by atoms with Crippen LogP contribution in [0.1, 0.15) is 66.9 Å². The fraction of sp³-hybridized carbons (Fsp3) is 0.458. The van der Waals surface area contributed by atoms with Crippen LogP contribution in [-0.4, -0.2) is 29.7 Å². The molecule has 0 fully saturated rings. The summed E-state index contributed by atoms with van der Waals surface area (Å²) in [4.78, 5) is 11.9. The van der Waals surface area contributed by atoms with E-state index in [1.165, 1.54) is 19.3 Å². The Labute approximate surface area is 181 Å². The lowest BCUT2D eigenvalue weighted by molar-refractivity contribution is 0.0995. The van der Waals surface area contributed by atoms with Crippen LogP contribution in [0.5, 0.6) is 0 Å². The van der Waals surface area contributed by atoms with Gasteiger partial charge in [-0.25, -0.2) is 0 Å². The van der Waals surface area contributed by atoms with Crippen molar-refractivity contribution in [2.75, 3.05) is 6.54 Å². The Morgan fingerprint density at radius 3 is 2.38 bits per heavy atom. The number of unbranched alkanes of at least 4 members (excludes halogenated alkanes) is 2. The summed E-state index contributed by atoms with van der Waals surface area (Å²) in [6.07, 6.45) is 4.77. The van der Waals surface area contributed by atoms with Gasteiger partial charge >= 0.3 is 0 Å². The Hall–Kier alpha value is -1.88. The molecule has 0 bridgehead atoms. The number of hydrogen-bond donors (Lipinski definition) is 3. The van der Waals surface area contributed by atoms with E-state index in [1.54, 1.807) is 6.07 Å². The molecule has 3 atom stereocenters. The van der Waals surface area contributed by atoms with E-state index in [0.29, 0.717) is 24.6 Å². The van der Waals surface area contributed by atoms with Gasteiger partial charge in [0.15, 0.2) is 0 Å². The van der Waals surface area contributed by atoms with Gasteiger partial charge in [0, 0.05) is 24.1 Å². The van der Waals surface area contributed by atoms with E-state index in [0.717, 1.165) is 17.5 Å². The summed E-state index contributed by atoms with van der Waals surface area (Å²) in [6, 6.07) is 17.8. The average Bonchev–Trinajstić information content (AvgIpc) is 2.71. The number of halogens is 1. The van der Waals surface area contributed by atoms with Crippen molar-refractivity contribution >= 4 is 18.3 Å². The van der Waals surface area contributed by atoms with Crippen LogP contribution in [0.25, 0.3) is 0 Å². The summed E-state index contributed by atoms with van der Waals surface area (Å²) in [5, 5.41) is 14.5. The molecule has 2 aromatic carbocycles. The molecule has 0 radical (unpaired) electrons. The zero-order valence-electron chi connectivity index (χ0n) is 17.5. The van der Waals surface area contributed by atoms with Gasteiger partial charge in [0.2, 0.25) is 5.91 Å². The number of carbonyl (C=O) groups excluding carboxylic acids is 1. The number of aliphatic hydroxyl groups excluding tert-OH is 1. The van der Waals surface area contributed by atoms with Gasteiger partial charge in [0.05, 0.1) is 6.10 Å². The fourth-order valence-electron chi connectivity index (χ4n) is 3.63. The Morgan fingerprint density at radius 1 is 1.07 bits per heavy atom. The second-order valence-electron chi connectivity index (χ2n) is 7.62. The Kier molecular flexibility index (Phi) is 11.6. The molecule has 1 unspecified atom stereocenters. The third kappa shape index (κ3) is 8.17. The largest absolute Gasteiger partial charge is 0.391 e. The fourth-order valence-corrected chi connectivity index (χ4v) is 3.63. The zero-order chi connectivity index (χ0) is 20.4. The van der Waals surface area contributed by atoms with Crippen LogP contribution in [0.15, 0.2) is 54.6 Å². The number of nitrogens with one attached hydrogen (secondary N) is 1. The van der Waals surface area contributed by atoms with Crippen molar-refractivity contribution < 1.29 is 9.90 Å². The summed E-state index contributed by atoms with van der Waals surface area (Å²) in [5.74, 6) is -0.664. The summed E-state index contributed by atoms with van der Waals surface area (Å²) in [7, 11) is 0. The number of benzene rings is 2. The molecule has 0 aliphatic heterocycles. The predicted molar refractivity (Wildman–Crippen MR) is 123 cm³/mol. The van der Waals surface area contributed by atoms with Crippen LogP contribution in [0, 0.1) is 0 Å². The minimum atomic E-state index is -0.616. The van der Waals surface area contributed by atoms with Crippen LogP contribution in [0.4, 0.5) is 0 Å². The van der Waals surface area contributed by atoms with Crippen molar-refractivity contribution in [2.45, 2.75) is 64.0 Å². The Bertz CT molecular complexity index is 724. The van der Waals surface area contributed by atoms with E-state index in [-0.39, 0.29) is 18.3 Å². The molecular weight excluding hydrogens is 384 g/mol. The van der Waals surface area contributed by atoms with Crippen LogP contribution in [0.2, 0.25) is 0 Å². The minimum absolute atomic E-state index is 0. The normalized spacial score (nSPS) is 13.9. The molecule has 0 aliphatic carbocycles. The smallest absolute Gasteiger partial charge is 0.248 e. The molecule has 2 rings (SSSR count). The number of amides is 1. The lowest BCUT2D eigenvalue weighted by Crippen LogP contribution is -2.38. The first-order valence-electron chi connectivity index (χ1n) is 10.4. The molecule has 0 heterocycles. The van der Waals surface area contributed by atoms with Crippen molar-refractivity contribution in [1.82, 2.24) is 5.32 Å². The van der Waals surface area contributed by atoms with Crippen LogP contribution < -0.4 is 11.1 Å². The molecule has 2 aromatic rings. The second-order valence-corrected chi connectivity index (χ2v) is 7.62. The van der Waals surface area contributed by atoms with E-state index in [1.807, 2.05) is 48.5 Å². The zero-order valence-corrected chi connectivity index (χ0v) is 18.3. The minimum Gasteiger partial charge on any atom is -0.391 e. The number of rotatable bonds is 12. The van der Waals surface area contributed by atoms with Crippen molar-refractivity contribution in [3.63, 3.8) is 0 Å². The molecule has 29 heavy (non-hydrogen) atoms. The van der Waals surface area contributed by atoms with Gasteiger partial charge in [-0.1, -0.05) is 74.7 Å². The number of hydrogen-bond acceptors (Lipinski definition) is 3. The average molecular weight is 419 g/mol. The summed E-state index contributed by atoms with van der Waals surface area (Å²) < 4.78 is 0. The summed E-state index contributed by atoms with van der Waals surface area (Å²) >= 11 is 0. The van der Waals surface area contributed by atoms with Gasteiger partial charge < -0.3 is 16.2 Å². The monoisotopic (exact) mass is 418 g/mol. The molecule has 4 nitrogen and oxygen atoms in total. The van der Waals surface area contributed by atoms with Crippen LogP contribution in [-0.2, 0) is 6.42 Å². The Morgan fingerprint density at radius 2 is 1.72 bits per heavy atom. The Balaban J connectivity index is 0.00000420. The highest BCUT2D eigenvalue weighted by Crippen LogP contribution is 2.27. The van der Waals surface area contributed by atoms with E-state index < -0.39 is 12.0 Å². The highest BCUT2D eigenvalue weighted by Gasteiger charge is 2.25. The van der Waals surface area contributed by atoms with Crippen LogP contribution >= 0.6 is 12.4 Å². The lowest BCUT2D eigenvalue weighted by atomic mass is 9.84. The molecule has 0 aromatic heterocycles. The van der Waals surface area contributed by atoms with Crippen LogP contribution in [0.3, 0.4) is 0 Å². The van der Waals surface area contributed by atoms with Gasteiger partial charge in [0.25, 0.3) is 0 Å². The first kappa shape index (κ1) is 25.2. The first-order valence-corrected chi connectivity index (χ1v) is 10.4. The lowest BCUT2D eigenvalue weighted by Gasteiger charge is -2.27. The van der Waals surface area contributed by atoms with Crippen molar-refractivity contribution in [1.29, 1.82) is 0 Å². The second kappa shape index (κ2) is 13.4. The van der Waals surface area contributed by atoms with Gasteiger partial charge in [0.1, 0.15) is 0 Å². The quantitative estimate of drug-likeness (QED) is 0.445. The SMILES string of the molecule is CCCCCC(C)NC[C@H](O)[C@@H](Cc1ccccc1)c1ccccc1C(N)=O.Cl. The molecule has 0 spiro atoms. The highest BCUT2D eigenvalue weighted by molar-refractivity contribution is 5.94. The molecule has 0 saturated carbocycles. The number of primary amides is 1. The topological polar surface area (TPSA) is 75.3 Å². The third-order valence-corrected chi connectivity index (χ3v) is 5.30. The summed E-state index contributed by atoms with van der Waals surface area (Å²) in [5.41, 5.74) is 8.02. The molecular formula is C24H35ClN2O2. The number of nitrogens with two attached hydrogens (primary N) is 1. The van der Waals surface area contributed by atoms with Gasteiger partial charge in [-0.2, -0.15) is 0 Å². The number of aliphatic hydroxyl groups is 1. The maximum Gasteiger partial charge on any atom is 0.248 e. The third-order valence-electron chi connectivity index (χ3n) is 5.30. The maximum atomic E-state index is 11.9. The van der Waals surface area contributed by atoms with Crippen molar-refractivity contribution in [2.24, 2.45) is 5.73 Å². The molecule has 4 N–H and O–H groups in total. The predicted octanol–water partition coefficient (Wildman–Crippen LogP) is 4.45. The summed E-state index contributed by atoms with van der Waals surface area (Å²) in [6.45, 7) is 4.84. The molecule has 5 heteroatoms. The highest BCUT2D eigenvalue weighted by atomic mass is 35.5. The molecule has 160 valence electrons. The maximum absolute atomic E-state index is 11.9. The standard InChI is InChI=1S/C24H34N2O2.ClH/c1-3-4-6-11-18(2)26-17-23(27)22(16-19-12-7-5-8-13-19)20-14-9-10-15-21(20)24(25)28;/h5,7-10,12-15,18,22-23,26-27H,3-4,6,11,16-17H2,1-2H3,(H2,25,28);1H/t18?,22-,23-;/m0./s1. The van der Waals surface area contributed by atoms with E-state index in [4.69, 9.17) is 5.73 Å². The molecule has 1 amide bonds. The van der Waals surface area contributed by atoms with E-state index in [2.05, 4.69) is 19.2 Å². The molecule has 0 aliphatic rings. The van der Waals surface area contributed by atoms with Crippen molar-refractivity contribution in [3.05, 3.63) is 71.3 Å². The van der Waals surface area contributed by atoms with Gasteiger partial charge in [-0.05, 0) is 37.0 Å². The van der Waals surface area contributed by atoms with Gasteiger partial charge in [-0.15, -0.1) is 12.4 Å². The van der Waals surface area contributed by atoms with E-state index in [9.17, 15) is 9.90 Å².